The minimum absolute atomic E-state index is 0.00688. The molecule has 1 saturated heterocycles. The van der Waals surface area contributed by atoms with Gasteiger partial charge in [-0.25, -0.2) is 9.97 Å². The highest BCUT2D eigenvalue weighted by molar-refractivity contribution is 6.13. The summed E-state index contributed by atoms with van der Waals surface area (Å²) in [5, 5.41) is 12.2. The van der Waals surface area contributed by atoms with Gasteiger partial charge < -0.3 is 25.5 Å². The molecule has 1 saturated carbocycles. The molecule has 0 radical (unpaired) electrons. The number of nitrogens with zero attached hydrogens (tertiary/aromatic N) is 3. The zero-order valence-electron chi connectivity index (χ0n) is 18.9. The van der Waals surface area contributed by atoms with Gasteiger partial charge in [-0.2, -0.15) is 0 Å². The lowest BCUT2D eigenvalue weighted by atomic mass is 9.83. The third-order valence-corrected chi connectivity index (χ3v) is 6.84. The van der Waals surface area contributed by atoms with E-state index < -0.39 is 0 Å². The average Bonchev–Trinajstić information content (AvgIpc) is 3.55. The zero-order valence-corrected chi connectivity index (χ0v) is 18.9. The van der Waals surface area contributed by atoms with Gasteiger partial charge in [0.2, 0.25) is 0 Å². The van der Waals surface area contributed by atoms with Crippen molar-refractivity contribution in [1.29, 1.82) is 5.41 Å². The number of benzene rings is 1. The zero-order chi connectivity index (χ0) is 22.8. The van der Waals surface area contributed by atoms with Crippen LogP contribution in [-0.2, 0) is 4.79 Å². The van der Waals surface area contributed by atoms with Crippen molar-refractivity contribution in [1.82, 2.24) is 15.3 Å². The fraction of sp³-hybridized carbons (Fsp3) is 0.500. The molecule has 2 aliphatic rings. The molecule has 0 spiro atoms. The second-order valence-corrected chi connectivity index (χ2v) is 9.16. The summed E-state index contributed by atoms with van der Waals surface area (Å²) in [7, 11) is 1.97. The quantitative estimate of drug-likeness (QED) is 0.314. The van der Waals surface area contributed by atoms with E-state index in [1.165, 1.54) is 6.33 Å². The van der Waals surface area contributed by atoms with Crippen molar-refractivity contribution in [2.75, 3.05) is 30.8 Å². The van der Waals surface area contributed by atoms with Gasteiger partial charge in [0, 0.05) is 42.4 Å². The first-order chi connectivity index (χ1) is 15.4. The molecule has 1 aromatic carbocycles. The molecule has 4 N–H and O–H groups in total. The fourth-order valence-corrected chi connectivity index (χ4v) is 4.30. The van der Waals surface area contributed by atoms with E-state index in [2.05, 4.69) is 27.1 Å². The van der Waals surface area contributed by atoms with Gasteiger partial charge in [0.15, 0.2) is 0 Å². The van der Waals surface area contributed by atoms with Crippen LogP contribution in [0.25, 0.3) is 0 Å². The second kappa shape index (κ2) is 8.86. The van der Waals surface area contributed by atoms with Gasteiger partial charge >= 0.3 is 0 Å². The normalized spacial score (nSPS) is 18.8. The number of nitrogen functional groups attached to an aromatic ring is 1. The number of nitrogens with one attached hydrogen (secondary N) is 2. The molecule has 1 aromatic heterocycles. The Balaban J connectivity index is 1.49. The van der Waals surface area contributed by atoms with Crippen molar-refractivity contribution in [3.8, 4) is 5.75 Å². The van der Waals surface area contributed by atoms with Crippen molar-refractivity contribution in [3.63, 3.8) is 0 Å². The molecule has 1 aliphatic heterocycles. The lowest BCUT2D eigenvalue weighted by Crippen LogP contribution is -2.52. The fourth-order valence-electron chi connectivity index (χ4n) is 4.30. The van der Waals surface area contributed by atoms with E-state index in [1.54, 1.807) is 6.07 Å². The SMILES string of the molecule is CNC1(CCC=O)CCN(c2cc(C(=N)c3cc(OC4(C)CC4)ccc3N)ncn2)CC1. The van der Waals surface area contributed by atoms with Crippen LogP contribution in [0.5, 0.6) is 5.75 Å². The molecule has 0 unspecified atom stereocenters. The Bertz CT molecular complexity index is 996. The van der Waals surface area contributed by atoms with Crippen molar-refractivity contribution in [2.24, 2.45) is 0 Å². The van der Waals surface area contributed by atoms with E-state index in [0.29, 0.717) is 23.4 Å². The number of hydrogen-bond acceptors (Lipinski definition) is 8. The Morgan fingerprint density at radius 2 is 2.00 bits per heavy atom. The molecule has 4 rings (SSSR count). The van der Waals surface area contributed by atoms with Crippen LogP contribution in [0, 0.1) is 5.41 Å². The second-order valence-electron chi connectivity index (χ2n) is 9.16. The van der Waals surface area contributed by atoms with Crippen LogP contribution in [0.4, 0.5) is 11.5 Å². The van der Waals surface area contributed by atoms with Crippen molar-refractivity contribution in [2.45, 2.75) is 56.6 Å². The lowest BCUT2D eigenvalue weighted by molar-refractivity contribution is -0.108. The number of carbonyl (C=O) groups is 1. The summed E-state index contributed by atoms with van der Waals surface area (Å²) < 4.78 is 6.05. The summed E-state index contributed by atoms with van der Waals surface area (Å²) in [4.78, 5) is 21.8. The van der Waals surface area contributed by atoms with Gasteiger partial charge in [0.25, 0.3) is 0 Å². The van der Waals surface area contributed by atoms with Crippen LogP contribution in [0.3, 0.4) is 0 Å². The Morgan fingerprint density at radius 3 is 2.66 bits per heavy atom. The molecule has 0 amide bonds. The van der Waals surface area contributed by atoms with Crippen LogP contribution in [0.2, 0.25) is 0 Å². The van der Waals surface area contributed by atoms with Crippen molar-refractivity contribution >= 4 is 23.5 Å². The van der Waals surface area contributed by atoms with Crippen molar-refractivity contribution < 1.29 is 9.53 Å². The van der Waals surface area contributed by atoms with E-state index in [0.717, 1.165) is 63.0 Å². The van der Waals surface area contributed by atoms with Gasteiger partial charge in [-0.3, -0.25) is 5.41 Å². The highest BCUT2D eigenvalue weighted by Gasteiger charge is 2.40. The molecule has 1 aliphatic carbocycles. The monoisotopic (exact) mass is 436 g/mol. The molecule has 8 nitrogen and oxygen atoms in total. The van der Waals surface area contributed by atoms with Gasteiger partial charge in [-0.05, 0) is 64.3 Å². The number of nitrogens with two attached hydrogens (primary N) is 1. The Hall–Kier alpha value is -3.00. The molecular weight excluding hydrogens is 404 g/mol. The van der Waals surface area contributed by atoms with E-state index in [4.69, 9.17) is 15.9 Å². The Kier molecular flexibility index (Phi) is 6.15. The highest BCUT2D eigenvalue weighted by atomic mass is 16.5. The molecule has 2 fully saturated rings. The summed E-state index contributed by atoms with van der Waals surface area (Å²) >= 11 is 0. The molecule has 0 bridgehead atoms. The van der Waals surface area contributed by atoms with Crippen molar-refractivity contribution in [3.05, 3.63) is 41.9 Å². The predicted octanol–water partition coefficient (Wildman–Crippen LogP) is 2.94. The minimum Gasteiger partial charge on any atom is -0.488 e. The minimum atomic E-state index is -0.0970. The van der Waals surface area contributed by atoms with Crippen LogP contribution in [0.15, 0.2) is 30.6 Å². The third kappa shape index (κ3) is 4.75. The number of hydrogen-bond donors (Lipinski definition) is 3. The molecule has 2 aromatic rings. The average molecular weight is 437 g/mol. The van der Waals surface area contributed by atoms with Crippen LogP contribution < -0.4 is 20.7 Å². The van der Waals surface area contributed by atoms with E-state index in [9.17, 15) is 4.79 Å². The van der Waals surface area contributed by atoms with E-state index in [-0.39, 0.29) is 16.9 Å². The molecule has 32 heavy (non-hydrogen) atoms. The first kappa shape index (κ1) is 22.2. The maximum absolute atomic E-state index is 10.8. The first-order valence-electron chi connectivity index (χ1n) is 11.2. The summed E-state index contributed by atoms with van der Waals surface area (Å²) in [6, 6.07) is 7.33. The number of ether oxygens (including phenoxy) is 1. The smallest absolute Gasteiger partial charge is 0.132 e. The van der Waals surface area contributed by atoms with Gasteiger partial charge in [-0.1, -0.05) is 0 Å². The third-order valence-electron chi connectivity index (χ3n) is 6.84. The number of aromatic nitrogens is 2. The standard InChI is InChI=1S/C24H32N6O2/c1-23(7-8-23)32-17-4-5-19(25)18(14-17)22(26)20-15-21(29-16-28-20)30-11-9-24(27-2,10-12-30)6-3-13-31/h4-5,13-16,26-27H,3,6-12,25H2,1-2H3. The van der Waals surface area contributed by atoms with E-state index in [1.807, 2.05) is 25.2 Å². The summed E-state index contributed by atoms with van der Waals surface area (Å²) in [5.74, 6) is 1.53. The first-order valence-corrected chi connectivity index (χ1v) is 11.2. The number of aldehydes is 1. The predicted molar refractivity (Wildman–Crippen MR) is 126 cm³/mol. The maximum atomic E-state index is 10.8. The number of carbonyl (C=O) groups excluding carboxylic acids is 1. The Morgan fingerprint density at radius 1 is 1.25 bits per heavy atom. The molecule has 170 valence electrons. The van der Waals surface area contributed by atoms with Crippen LogP contribution in [-0.4, -0.2) is 53.2 Å². The van der Waals surface area contributed by atoms with E-state index >= 15 is 0 Å². The maximum Gasteiger partial charge on any atom is 0.132 e. The number of rotatable bonds is 9. The van der Waals surface area contributed by atoms with Gasteiger partial charge in [-0.15, -0.1) is 0 Å². The molecule has 0 atom stereocenters. The molecule has 8 heteroatoms. The number of anilines is 2. The van der Waals surface area contributed by atoms with Gasteiger partial charge in [0.05, 0.1) is 11.4 Å². The molecular formula is C24H32N6O2. The number of piperidine rings is 1. The summed E-state index contributed by atoms with van der Waals surface area (Å²) in [6.45, 7) is 3.74. The lowest BCUT2D eigenvalue weighted by Gasteiger charge is -2.42. The Labute approximate surface area is 189 Å². The van der Waals surface area contributed by atoms with Crippen LogP contribution in [0.1, 0.15) is 56.7 Å². The topological polar surface area (TPSA) is 117 Å². The van der Waals surface area contributed by atoms with Crippen LogP contribution >= 0.6 is 0 Å². The molecule has 2 heterocycles. The summed E-state index contributed by atoms with van der Waals surface area (Å²) in [5.41, 5.74) is 8.01. The highest BCUT2D eigenvalue weighted by Crippen LogP contribution is 2.40. The summed E-state index contributed by atoms with van der Waals surface area (Å²) in [6.07, 6.45) is 7.85. The largest absolute Gasteiger partial charge is 0.488 e. The van der Waals surface area contributed by atoms with Gasteiger partial charge in [0.1, 0.15) is 29.8 Å².